The summed E-state index contributed by atoms with van der Waals surface area (Å²) in [6.07, 6.45) is 1.53. The Hall–Kier alpha value is -2.56. The van der Waals surface area contributed by atoms with Crippen LogP contribution in [-0.4, -0.2) is 19.5 Å². The zero-order valence-corrected chi connectivity index (χ0v) is 11.4. The van der Waals surface area contributed by atoms with Gasteiger partial charge in [0.25, 0.3) is 0 Å². The van der Waals surface area contributed by atoms with Gasteiger partial charge in [0.15, 0.2) is 11.2 Å². The van der Waals surface area contributed by atoms with Crippen LogP contribution in [0.1, 0.15) is 17.0 Å². The lowest BCUT2D eigenvalue weighted by molar-refractivity contribution is 0.779. The molecule has 0 fully saturated rings. The molecule has 3 aromatic rings. The highest BCUT2D eigenvalue weighted by molar-refractivity contribution is 5.69. The maximum Gasteiger partial charge on any atom is 0.300 e. The molecular weight excluding hydrogens is 252 g/mol. The molecule has 2 aromatic heterocycles. The first kappa shape index (κ1) is 12.5. The second kappa shape index (κ2) is 4.85. The van der Waals surface area contributed by atoms with Gasteiger partial charge in [-0.3, -0.25) is 4.79 Å². The van der Waals surface area contributed by atoms with E-state index >= 15 is 0 Å². The minimum atomic E-state index is -0.333. The molecule has 0 amide bonds. The molecule has 100 valence electrons. The number of hydrogen-bond donors (Lipinski definition) is 0. The largest absolute Gasteiger partial charge is 0.311 e. The van der Waals surface area contributed by atoms with E-state index in [1.165, 1.54) is 6.33 Å². The van der Waals surface area contributed by atoms with Crippen molar-refractivity contribution >= 4 is 11.2 Å². The average Bonchev–Trinajstić information content (AvgIpc) is 2.45. The zero-order valence-electron chi connectivity index (χ0n) is 11.4. The summed E-state index contributed by atoms with van der Waals surface area (Å²) in [5, 5.41) is 0. The van der Waals surface area contributed by atoms with Crippen molar-refractivity contribution in [2.75, 3.05) is 0 Å². The highest BCUT2D eigenvalue weighted by Gasteiger charge is 2.09. The van der Waals surface area contributed by atoms with E-state index in [0.29, 0.717) is 17.7 Å². The monoisotopic (exact) mass is 266 g/mol. The van der Waals surface area contributed by atoms with Crippen LogP contribution in [0.3, 0.4) is 0 Å². The SMILES string of the molecule is Cc1nc2c(=O)ncn(Cc3ccccc3)c2nc1C. The molecule has 0 N–H and O–H groups in total. The van der Waals surface area contributed by atoms with E-state index in [1.807, 2.05) is 48.7 Å². The van der Waals surface area contributed by atoms with Gasteiger partial charge in [0.05, 0.1) is 17.9 Å². The van der Waals surface area contributed by atoms with Crippen LogP contribution in [-0.2, 0) is 6.54 Å². The highest BCUT2D eigenvalue weighted by Crippen LogP contribution is 2.10. The molecule has 0 spiro atoms. The molecule has 0 saturated carbocycles. The summed E-state index contributed by atoms with van der Waals surface area (Å²) in [4.78, 5) is 24.5. The van der Waals surface area contributed by atoms with Crippen molar-refractivity contribution < 1.29 is 0 Å². The Morgan fingerprint density at radius 3 is 2.50 bits per heavy atom. The maximum absolute atomic E-state index is 11.8. The fourth-order valence-electron chi connectivity index (χ4n) is 2.07. The molecule has 5 nitrogen and oxygen atoms in total. The zero-order chi connectivity index (χ0) is 14.1. The first-order valence-corrected chi connectivity index (χ1v) is 6.39. The fourth-order valence-corrected chi connectivity index (χ4v) is 2.07. The summed E-state index contributed by atoms with van der Waals surface area (Å²) in [5.74, 6) is 0. The van der Waals surface area contributed by atoms with Crippen molar-refractivity contribution in [1.82, 2.24) is 19.5 Å². The number of hydrogen-bond acceptors (Lipinski definition) is 4. The Balaban J connectivity index is 2.19. The lowest BCUT2D eigenvalue weighted by Gasteiger charge is -2.10. The molecule has 5 heteroatoms. The number of aromatic nitrogens is 4. The summed E-state index contributed by atoms with van der Waals surface area (Å²) >= 11 is 0. The minimum absolute atomic E-state index is 0.325. The average molecular weight is 266 g/mol. The van der Waals surface area contributed by atoms with Gasteiger partial charge in [-0.05, 0) is 19.4 Å². The van der Waals surface area contributed by atoms with Crippen molar-refractivity contribution in [1.29, 1.82) is 0 Å². The summed E-state index contributed by atoms with van der Waals surface area (Å²) in [6, 6.07) is 9.98. The molecule has 0 aliphatic rings. The topological polar surface area (TPSA) is 60.7 Å². The molecule has 1 aromatic carbocycles. The summed E-state index contributed by atoms with van der Waals surface area (Å²) in [6.45, 7) is 4.34. The number of rotatable bonds is 2. The second-order valence-corrected chi connectivity index (χ2v) is 4.73. The molecule has 0 aliphatic carbocycles. The molecule has 0 unspecified atom stereocenters. The third-order valence-electron chi connectivity index (χ3n) is 3.27. The molecule has 0 atom stereocenters. The van der Waals surface area contributed by atoms with Crippen molar-refractivity contribution in [2.24, 2.45) is 0 Å². The van der Waals surface area contributed by atoms with Crippen molar-refractivity contribution in [3.63, 3.8) is 0 Å². The molecule has 0 saturated heterocycles. The minimum Gasteiger partial charge on any atom is -0.311 e. The van der Waals surface area contributed by atoms with Crippen LogP contribution < -0.4 is 5.56 Å². The van der Waals surface area contributed by atoms with Crippen LogP contribution in [0.25, 0.3) is 11.2 Å². The van der Waals surface area contributed by atoms with Gasteiger partial charge < -0.3 is 4.57 Å². The van der Waals surface area contributed by atoms with Crippen molar-refractivity contribution in [2.45, 2.75) is 20.4 Å². The normalized spacial score (nSPS) is 10.9. The van der Waals surface area contributed by atoms with Gasteiger partial charge >= 0.3 is 5.56 Å². The Morgan fingerprint density at radius 2 is 1.75 bits per heavy atom. The second-order valence-electron chi connectivity index (χ2n) is 4.73. The molecule has 0 radical (unpaired) electrons. The Bertz CT molecular complexity index is 824. The van der Waals surface area contributed by atoms with Gasteiger partial charge in [-0.15, -0.1) is 0 Å². The van der Waals surface area contributed by atoms with Gasteiger partial charge in [-0.25, -0.2) is 9.97 Å². The number of aryl methyl sites for hydroxylation is 2. The Labute approximate surface area is 116 Å². The number of fused-ring (bicyclic) bond motifs is 1. The lowest BCUT2D eigenvalue weighted by Crippen LogP contribution is -2.16. The first-order chi connectivity index (χ1) is 9.65. The van der Waals surface area contributed by atoms with Crippen LogP contribution in [0.4, 0.5) is 0 Å². The van der Waals surface area contributed by atoms with Gasteiger partial charge in [-0.2, -0.15) is 4.98 Å². The van der Waals surface area contributed by atoms with Crippen molar-refractivity contribution in [3.8, 4) is 0 Å². The first-order valence-electron chi connectivity index (χ1n) is 6.39. The van der Waals surface area contributed by atoms with Crippen LogP contribution in [0.5, 0.6) is 0 Å². The van der Waals surface area contributed by atoms with E-state index in [2.05, 4.69) is 15.0 Å². The predicted octanol–water partition coefficient (Wildman–Crippen LogP) is 1.85. The third-order valence-corrected chi connectivity index (χ3v) is 3.27. The van der Waals surface area contributed by atoms with Gasteiger partial charge in [-0.1, -0.05) is 30.3 Å². The van der Waals surface area contributed by atoms with Crippen LogP contribution in [0.2, 0.25) is 0 Å². The third kappa shape index (κ3) is 2.18. The van der Waals surface area contributed by atoms with Crippen molar-refractivity contribution in [3.05, 3.63) is 64.0 Å². The van der Waals surface area contributed by atoms with Gasteiger partial charge in [0, 0.05) is 0 Å². The molecular formula is C15H14N4O. The summed E-state index contributed by atoms with van der Waals surface area (Å²) < 4.78 is 1.85. The van der Waals surface area contributed by atoms with E-state index in [0.717, 1.165) is 17.0 Å². The van der Waals surface area contributed by atoms with Crippen LogP contribution in [0, 0.1) is 13.8 Å². The predicted molar refractivity (Wildman–Crippen MR) is 76.6 cm³/mol. The van der Waals surface area contributed by atoms with Gasteiger partial charge in [0.1, 0.15) is 6.33 Å². The molecule has 3 rings (SSSR count). The number of nitrogens with zero attached hydrogens (tertiary/aromatic N) is 4. The van der Waals surface area contributed by atoms with Gasteiger partial charge in [0.2, 0.25) is 0 Å². The van der Waals surface area contributed by atoms with E-state index in [1.54, 1.807) is 0 Å². The fraction of sp³-hybridized carbons (Fsp3) is 0.200. The maximum atomic E-state index is 11.8. The Kier molecular flexibility index (Phi) is 3.02. The molecule has 0 bridgehead atoms. The van der Waals surface area contributed by atoms with E-state index in [4.69, 9.17) is 0 Å². The van der Waals surface area contributed by atoms with E-state index in [-0.39, 0.29) is 5.56 Å². The standard InChI is InChI=1S/C15H14N4O/c1-10-11(2)18-14-13(17-10)15(20)16-9-19(14)8-12-6-4-3-5-7-12/h3-7,9H,8H2,1-2H3. The molecule has 20 heavy (non-hydrogen) atoms. The van der Waals surface area contributed by atoms with E-state index < -0.39 is 0 Å². The Morgan fingerprint density at radius 1 is 1.05 bits per heavy atom. The molecule has 0 aliphatic heterocycles. The highest BCUT2D eigenvalue weighted by atomic mass is 16.1. The number of benzene rings is 1. The molecule has 2 heterocycles. The smallest absolute Gasteiger partial charge is 0.300 e. The quantitative estimate of drug-likeness (QED) is 0.710. The summed E-state index contributed by atoms with van der Waals surface area (Å²) in [5.41, 5.74) is 3.28. The van der Waals surface area contributed by atoms with E-state index in [9.17, 15) is 4.79 Å². The lowest BCUT2D eigenvalue weighted by atomic mass is 10.2. The van der Waals surface area contributed by atoms with Crippen LogP contribution >= 0.6 is 0 Å². The summed E-state index contributed by atoms with van der Waals surface area (Å²) in [7, 11) is 0. The van der Waals surface area contributed by atoms with Crippen LogP contribution in [0.15, 0.2) is 41.5 Å².